The number of nitro groups is 1. The Morgan fingerprint density at radius 1 is 1.14 bits per heavy atom. The minimum Gasteiger partial charge on any atom is -0.465 e. The number of carbonyl (C=O) groups excluding carboxylic acids is 1. The molecule has 0 unspecified atom stereocenters. The molecule has 2 aromatic rings. The van der Waals surface area contributed by atoms with Crippen molar-refractivity contribution in [3.8, 4) is 11.5 Å². The van der Waals surface area contributed by atoms with E-state index in [-0.39, 0.29) is 27.8 Å². The zero-order chi connectivity index (χ0) is 16.3. The molecule has 0 aromatic heterocycles. The first-order chi connectivity index (χ1) is 10.4. The lowest BCUT2D eigenvalue weighted by Crippen LogP contribution is -2.03. The van der Waals surface area contributed by atoms with Crippen molar-refractivity contribution in [1.29, 1.82) is 0 Å². The topological polar surface area (TPSA) is 78.7 Å². The summed E-state index contributed by atoms with van der Waals surface area (Å²) in [6.45, 7) is 0. The zero-order valence-electron chi connectivity index (χ0n) is 11.2. The van der Waals surface area contributed by atoms with Gasteiger partial charge in [0.25, 0.3) is 0 Å². The van der Waals surface area contributed by atoms with Gasteiger partial charge in [0.1, 0.15) is 5.75 Å². The second-order valence-electron chi connectivity index (χ2n) is 4.11. The van der Waals surface area contributed by atoms with E-state index in [9.17, 15) is 14.9 Å². The van der Waals surface area contributed by atoms with Crippen LogP contribution in [0.4, 0.5) is 5.69 Å². The molecule has 22 heavy (non-hydrogen) atoms. The maximum atomic E-state index is 11.4. The summed E-state index contributed by atoms with van der Waals surface area (Å²) in [6.07, 6.45) is 0. The first-order valence-corrected chi connectivity index (χ1v) is 6.67. The Bertz CT molecular complexity index is 748. The van der Waals surface area contributed by atoms with Crippen molar-refractivity contribution >= 4 is 34.9 Å². The van der Waals surface area contributed by atoms with Crippen LogP contribution in [0.3, 0.4) is 0 Å². The summed E-state index contributed by atoms with van der Waals surface area (Å²) >= 11 is 11.7. The van der Waals surface area contributed by atoms with Crippen LogP contribution < -0.4 is 4.74 Å². The van der Waals surface area contributed by atoms with Gasteiger partial charge in [-0.05, 0) is 30.3 Å². The summed E-state index contributed by atoms with van der Waals surface area (Å²) in [7, 11) is 1.19. The fourth-order valence-corrected chi connectivity index (χ4v) is 2.11. The molecule has 0 N–H and O–H groups in total. The van der Waals surface area contributed by atoms with Crippen LogP contribution in [0.1, 0.15) is 10.4 Å². The number of rotatable bonds is 4. The molecule has 0 aliphatic heterocycles. The van der Waals surface area contributed by atoms with Crippen LogP contribution in [0.5, 0.6) is 11.5 Å². The van der Waals surface area contributed by atoms with Gasteiger partial charge in [0.15, 0.2) is 0 Å². The molecule has 0 saturated carbocycles. The molecule has 0 fully saturated rings. The highest BCUT2D eigenvalue weighted by Gasteiger charge is 2.20. The van der Waals surface area contributed by atoms with Crippen LogP contribution in [-0.4, -0.2) is 18.0 Å². The molecule has 0 atom stereocenters. The van der Waals surface area contributed by atoms with E-state index in [1.54, 1.807) is 0 Å². The SMILES string of the molecule is COC(=O)c1ccc(Oc2ccc(Cl)cc2Cl)c([N+](=O)[O-])c1. The highest BCUT2D eigenvalue weighted by molar-refractivity contribution is 6.35. The molecule has 6 nitrogen and oxygen atoms in total. The van der Waals surface area contributed by atoms with Gasteiger partial charge in [-0.3, -0.25) is 10.1 Å². The largest absolute Gasteiger partial charge is 0.465 e. The fraction of sp³-hybridized carbons (Fsp3) is 0.0714. The number of methoxy groups -OCH3 is 1. The van der Waals surface area contributed by atoms with E-state index in [2.05, 4.69) is 4.74 Å². The van der Waals surface area contributed by atoms with Crippen molar-refractivity contribution in [3.05, 3.63) is 62.1 Å². The van der Waals surface area contributed by atoms with Crippen molar-refractivity contribution in [2.45, 2.75) is 0 Å². The maximum Gasteiger partial charge on any atom is 0.338 e. The van der Waals surface area contributed by atoms with Crippen LogP contribution in [0.2, 0.25) is 10.0 Å². The molecule has 0 saturated heterocycles. The van der Waals surface area contributed by atoms with Crippen molar-refractivity contribution in [2.24, 2.45) is 0 Å². The Morgan fingerprint density at radius 3 is 2.41 bits per heavy atom. The van der Waals surface area contributed by atoms with Crippen LogP contribution in [0, 0.1) is 10.1 Å². The van der Waals surface area contributed by atoms with Crippen molar-refractivity contribution < 1.29 is 19.2 Å². The molecule has 0 aliphatic rings. The number of benzene rings is 2. The Balaban J connectivity index is 2.42. The third-order valence-corrected chi connectivity index (χ3v) is 3.22. The van der Waals surface area contributed by atoms with Gasteiger partial charge < -0.3 is 9.47 Å². The Morgan fingerprint density at radius 2 is 1.82 bits per heavy atom. The monoisotopic (exact) mass is 341 g/mol. The maximum absolute atomic E-state index is 11.4. The number of nitro benzene ring substituents is 1. The molecular formula is C14H9Cl2NO5. The lowest BCUT2D eigenvalue weighted by atomic mass is 10.2. The second-order valence-corrected chi connectivity index (χ2v) is 4.95. The molecule has 8 heteroatoms. The Hall–Kier alpha value is -2.31. The number of carbonyl (C=O) groups is 1. The fourth-order valence-electron chi connectivity index (χ4n) is 1.67. The molecular weight excluding hydrogens is 333 g/mol. The van der Waals surface area contributed by atoms with E-state index in [1.165, 1.54) is 37.4 Å². The molecule has 0 radical (unpaired) electrons. The van der Waals surface area contributed by atoms with E-state index in [0.717, 1.165) is 6.07 Å². The highest BCUT2D eigenvalue weighted by Crippen LogP contribution is 2.36. The molecule has 0 bridgehead atoms. The summed E-state index contributed by atoms with van der Waals surface area (Å²) in [5, 5.41) is 11.8. The van der Waals surface area contributed by atoms with Crippen molar-refractivity contribution in [2.75, 3.05) is 7.11 Å². The quantitative estimate of drug-likeness (QED) is 0.465. The summed E-state index contributed by atoms with van der Waals surface area (Å²) in [4.78, 5) is 21.9. The van der Waals surface area contributed by atoms with Crippen LogP contribution in [0.25, 0.3) is 0 Å². The minimum atomic E-state index is -0.681. The molecule has 0 aliphatic carbocycles. The normalized spacial score (nSPS) is 10.1. The van der Waals surface area contributed by atoms with Gasteiger partial charge in [-0.15, -0.1) is 0 Å². The molecule has 2 aromatic carbocycles. The van der Waals surface area contributed by atoms with Crippen LogP contribution in [0.15, 0.2) is 36.4 Å². The second kappa shape index (κ2) is 6.64. The summed E-state index contributed by atoms with van der Waals surface area (Å²) in [5.41, 5.74) is -0.335. The predicted octanol–water partition coefficient (Wildman–Crippen LogP) is 4.48. The molecule has 114 valence electrons. The van der Waals surface area contributed by atoms with Gasteiger partial charge in [0.05, 0.1) is 22.6 Å². The first kappa shape index (κ1) is 16.1. The summed E-state index contributed by atoms with van der Waals surface area (Å²) in [5.74, 6) is -0.527. The third kappa shape index (κ3) is 3.47. The third-order valence-electron chi connectivity index (χ3n) is 2.69. The predicted molar refractivity (Wildman–Crippen MR) is 81.0 cm³/mol. The van der Waals surface area contributed by atoms with Gasteiger partial charge in [-0.2, -0.15) is 0 Å². The van der Waals surface area contributed by atoms with Gasteiger partial charge in [-0.1, -0.05) is 23.2 Å². The van der Waals surface area contributed by atoms with E-state index in [4.69, 9.17) is 27.9 Å². The first-order valence-electron chi connectivity index (χ1n) is 5.92. The molecule has 0 amide bonds. The van der Waals surface area contributed by atoms with E-state index in [0.29, 0.717) is 5.02 Å². The number of esters is 1. The van der Waals surface area contributed by atoms with E-state index >= 15 is 0 Å². The minimum absolute atomic E-state index is 0.0451. The Kier molecular flexibility index (Phi) is 4.85. The van der Waals surface area contributed by atoms with Gasteiger partial charge in [0.2, 0.25) is 5.75 Å². The average Bonchev–Trinajstić information content (AvgIpc) is 2.49. The summed E-state index contributed by atoms with van der Waals surface area (Å²) in [6, 6.07) is 8.21. The molecule has 0 spiro atoms. The highest BCUT2D eigenvalue weighted by atomic mass is 35.5. The number of hydrogen-bond donors (Lipinski definition) is 0. The summed E-state index contributed by atoms with van der Waals surface area (Å²) < 4.78 is 9.96. The lowest BCUT2D eigenvalue weighted by Gasteiger charge is -2.09. The van der Waals surface area contributed by atoms with E-state index < -0.39 is 10.9 Å². The number of nitrogens with zero attached hydrogens (tertiary/aromatic N) is 1. The zero-order valence-corrected chi connectivity index (χ0v) is 12.7. The molecule has 0 heterocycles. The van der Waals surface area contributed by atoms with Crippen LogP contribution in [-0.2, 0) is 4.74 Å². The van der Waals surface area contributed by atoms with Gasteiger partial charge in [0, 0.05) is 11.1 Å². The average molecular weight is 342 g/mol. The standard InChI is InChI=1S/C14H9Cl2NO5/c1-21-14(18)8-2-4-13(11(6-8)17(19)20)22-12-5-3-9(15)7-10(12)16/h2-7H,1H3. The smallest absolute Gasteiger partial charge is 0.338 e. The number of halogens is 2. The Labute approximate surface area is 135 Å². The lowest BCUT2D eigenvalue weighted by molar-refractivity contribution is -0.385. The number of hydrogen-bond acceptors (Lipinski definition) is 5. The van der Waals surface area contributed by atoms with Gasteiger partial charge in [-0.25, -0.2) is 4.79 Å². The van der Waals surface area contributed by atoms with E-state index in [1.807, 2.05) is 0 Å². The van der Waals surface area contributed by atoms with Crippen molar-refractivity contribution in [3.63, 3.8) is 0 Å². The van der Waals surface area contributed by atoms with Crippen LogP contribution >= 0.6 is 23.2 Å². The molecule has 2 rings (SSSR count). The van der Waals surface area contributed by atoms with Gasteiger partial charge >= 0.3 is 11.7 Å². The number of ether oxygens (including phenoxy) is 2. The van der Waals surface area contributed by atoms with Crippen molar-refractivity contribution in [1.82, 2.24) is 0 Å².